The van der Waals surface area contributed by atoms with Crippen LogP contribution < -0.4 is 0 Å². The molecule has 62 heavy (non-hydrogen) atoms. The van der Waals surface area contributed by atoms with Crippen molar-refractivity contribution in [3.05, 3.63) is 0 Å². The van der Waals surface area contributed by atoms with Crippen LogP contribution in [0, 0.1) is 46.3 Å². The predicted octanol–water partition coefficient (Wildman–Crippen LogP) is 2.91. The Bertz CT molecular complexity index is 1590. The highest BCUT2D eigenvalue weighted by molar-refractivity contribution is 5.82. The lowest BCUT2D eigenvalue weighted by Gasteiger charge is -2.62. The zero-order valence-corrected chi connectivity index (χ0v) is 36.4. The monoisotopic (exact) mass is 880 g/mol. The smallest absolute Gasteiger partial charge is 0.323 e. The van der Waals surface area contributed by atoms with Gasteiger partial charge in [0, 0.05) is 45.1 Å². The first kappa shape index (κ1) is 50.3. The minimum atomic E-state index is -1.43. The van der Waals surface area contributed by atoms with Crippen molar-refractivity contribution in [2.75, 3.05) is 58.9 Å². The van der Waals surface area contributed by atoms with Crippen LogP contribution in [0.2, 0.25) is 0 Å². The summed E-state index contributed by atoms with van der Waals surface area (Å²) in [7, 11) is 0. The SMILES string of the molecule is C[C@H](CCC(=O)O)[C@H]1CC[C@H]2[C@@H]3CC[C@@H]4C[C@@H](N(CC(=O)O)C(=O)CC[C@@H](C(=O)O)N(CCN(CC(=O)O)CC(=O)O)CCN(CC(=O)O)CC(=O)O)CC[C@]4(C)[C@H]3CC[C@]12C. The molecular weight excluding hydrogens is 812 g/mol. The van der Waals surface area contributed by atoms with Gasteiger partial charge in [-0.3, -0.25) is 53.1 Å². The maximum atomic E-state index is 14.1. The average Bonchev–Trinajstić information content (AvgIpc) is 3.52. The Morgan fingerprint density at radius 2 is 1.08 bits per heavy atom. The Morgan fingerprint density at radius 1 is 0.565 bits per heavy atom. The number of amides is 1. The lowest BCUT2D eigenvalue weighted by Crippen LogP contribution is -2.56. The summed E-state index contributed by atoms with van der Waals surface area (Å²) in [6.07, 6.45) is 8.64. The molecule has 0 heterocycles. The maximum absolute atomic E-state index is 14.1. The summed E-state index contributed by atoms with van der Waals surface area (Å²) in [5.41, 5.74) is 0.172. The molecule has 0 aromatic heterocycles. The van der Waals surface area contributed by atoms with Gasteiger partial charge in [0.25, 0.3) is 0 Å². The van der Waals surface area contributed by atoms with Crippen LogP contribution in [0.1, 0.15) is 104 Å². The molecule has 4 aliphatic rings. The van der Waals surface area contributed by atoms with Crippen molar-refractivity contribution >= 4 is 47.7 Å². The largest absolute Gasteiger partial charge is 0.481 e. The molecule has 0 saturated heterocycles. The second kappa shape index (κ2) is 21.8. The van der Waals surface area contributed by atoms with Gasteiger partial charge in [0.15, 0.2) is 0 Å². The highest BCUT2D eigenvalue weighted by Crippen LogP contribution is 2.68. The molecule has 0 unspecified atom stereocenters. The van der Waals surface area contributed by atoms with Crippen molar-refractivity contribution in [2.24, 2.45) is 46.3 Å². The quantitative estimate of drug-likeness (QED) is 0.0657. The Kier molecular flexibility index (Phi) is 17.7. The summed E-state index contributed by atoms with van der Waals surface area (Å²) in [5, 5.41) is 67.1. The Labute approximate surface area is 362 Å². The van der Waals surface area contributed by atoms with Crippen molar-refractivity contribution < 1.29 is 74.1 Å². The average molecular weight is 881 g/mol. The second-order valence-electron chi connectivity index (χ2n) is 19.1. The number of carbonyl (C=O) groups is 8. The van der Waals surface area contributed by atoms with Crippen LogP contribution in [0.4, 0.5) is 0 Å². The predicted molar refractivity (Wildman–Crippen MR) is 220 cm³/mol. The van der Waals surface area contributed by atoms with Crippen molar-refractivity contribution in [1.82, 2.24) is 19.6 Å². The minimum absolute atomic E-state index is 0.00488. The number of carbonyl (C=O) groups excluding carboxylic acids is 1. The molecule has 350 valence electrons. The molecule has 0 radical (unpaired) electrons. The van der Waals surface area contributed by atoms with Crippen LogP contribution in [0.25, 0.3) is 0 Å². The van der Waals surface area contributed by atoms with Crippen LogP contribution in [0.5, 0.6) is 0 Å². The molecule has 4 fully saturated rings. The van der Waals surface area contributed by atoms with Gasteiger partial charge in [0.2, 0.25) is 5.91 Å². The molecule has 0 bridgehead atoms. The fourth-order valence-electron chi connectivity index (χ4n) is 12.6. The Morgan fingerprint density at radius 3 is 1.58 bits per heavy atom. The molecule has 0 spiro atoms. The molecule has 1 amide bonds. The van der Waals surface area contributed by atoms with E-state index in [1.54, 1.807) is 0 Å². The molecule has 0 aromatic rings. The van der Waals surface area contributed by atoms with Crippen LogP contribution in [-0.2, 0) is 38.4 Å². The highest BCUT2D eigenvalue weighted by Gasteiger charge is 2.61. The zero-order valence-electron chi connectivity index (χ0n) is 36.4. The van der Waals surface area contributed by atoms with Gasteiger partial charge in [-0.2, -0.15) is 0 Å². The highest BCUT2D eigenvalue weighted by atomic mass is 16.4. The Balaban J connectivity index is 1.48. The number of hydrogen-bond acceptors (Lipinski definition) is 11. The molecule has 10 atom stereocenters. The molecule has 4 rings (SSSR count). The van der Waals surface area contributed by atoms with E-state index in [-0.39, 0.29) is 68.2 Å². The fraction of sp³-hybridized carbons (Fsp3) is 0.814. The number of aliphatic carboxylic acids is 7. The molecule has 4 aliphatic carbocycles. The molecular formula is C43H68N4O15. The molecule has 19 heteroatoms. The summed E-state index contributed by atoms with van der Waals surface area (Å²) in [5.74, 6) is -6.51. The summed E-state index contributed by atoms with van der Waals surface area (Å²) in [4.78, 5) is 101. The van der Waals surface area contributed by atoms with E-state index in [2.05, 4.69) is 20.8 Å². The van der Waals surface area contributed by atoms with Crippen molar-refractivity contribution in [3.8, 4) is 0 Å². The number of hydrogen-bond donors (Lipinski definition) is 7. The van der Waals surface area contributed by atoms with Gasteiger partial charge in [0.1, 0.15) is 12.6 Å². The van der Waals surface area contributed by atoms with E-state index < -0.39 is 86.5 Å². The van der Waals surface area contributed by atoms with E-state index in [0.717, 1.165) is 54.7 Å². The van der Waals surface area contributed by atoms with E-state index in [1.165, 1.54) is 9.80 Å². The van der Waals surface area contributed by atoms with Gasteiger partial charge in [-0.15, -0.1) is 0 Å². The molecule has 7 N–H and O–H groups in total. The molecule has 19 nitrogen and oxygen atoms in total. The fourth-order valence-corrected chi connectivity index (χ4v) is 12.6. The third-order valence-corrected chi connectivity index (χ3v) is 15.5. The van der Waals surface area contributed by atoms with E-state index in [0.29, 0.717) is 48.9 Å². The number of rotatable bonds is 26. The minimum Gasteiger partial charge on any atom is -0.481 e. The van der Waals surface area contributed by atoms with E-state index in [9.17, 15) is 74.1 Å². The van der Waals surface area contributed by atoms with E-state index in [4.69, 9.17) is 0 Å². The summed E-state index contributed by atoms with van der Waals surface area (Å²) in [6, 6.07) is -1.82. The summed E-state index contributed by atoms with van der Waals surface area (Å²) < 4.78 is 0. The lowest BCUT2D eigenvalue weighted by molar-refractivity contribution is -0.153. The van der Waals surface area contributed by atoms with Gasteiger partial charge in [-0.05, 0) is 117 Å². The maximum Gasteiger partial charge on any atom is 0.323 e. The standard InChI is InChI=1S/C43H68N4O15/c1-26(4-11-35(49)50)30-7-8-31-29-6-5-27-20-28(12-14-42(27,2)32(29)13-15-43(30,31)3)47(25-40(59)60)34(48)10-9-33(41(61)62)46(18-16-44(21-36(51)52)22-37(53)54)19-17-45(23-38(55)56)24-39(57)58/h26-33H,4-25H2,1-3H3,(H,49,50)(H,51,52)(H,53,54)(H,55,56)(H,57,58)(H,59,60)(H,61,62)/t26-,27-,28+,29+,30-,31+,32+,33+,42+,43-/m1/s1. The van der Waals surface area contributed by atoms with Gasteiger partial charge in [-0.1, -0.05) is 20.8 Å². The van der Waals surface area contributed by atoms with Gasteiger partial charge < -0.3 is 40.6 Å². The third kappa shape index (κ3) is 12.9. The van der Waals surface area contributed by atoms with Crippen LogP contribution in [0.3, 0.4) is 0 Å². The number of carboxylic acid groups (broad SMARTS) is 7. The second-order valence-corrected chi connectivity index (χ2v) is 19.1. The van der Waals surface area contributed by atoms with Crippen LogP contribution >= 0.6 is 0 Å². The molecule has 0 aromatic carbocycles. The third-order valence-electron chi connectivity index (χ3n) is 15.5. The van der Waals surface area contributed by atoms with E-state index in [1.807, 2.05) is 0 Å². The first-order valence-corrected chi connectivity index (χ1v) is 22.1. The van der Waals surface area contributed by atoms with Crippen LogP contribution in [-0.4, -0.2) is 174 Å². The topological polar surface area (TPSA) is 291 Å². The first-order chi connectivity index (χ1) is 29.0. The lowest BCUT2D eigenvalue weighted by atomic mass is 9.44. The molecule has 0 aliphatic heterocycles. The van der Waals surface area contributed by atoms with Crippen LogP contribution in [0.15, 0.2) is 0 Å². The number of carboxylic acids is 7. The first-order valence-electron chi connectivity index (χ1n) is 22.1. The van der Waals surface area contributed by atoms with Gasteiger partial charge in [-0.25, -0.2) is 0 Å². The Hall–Kier alpha value is -4.36. The number of fused-ring (bicyclic) bond motifs is 5. The van der Waals surface area contributed by atoms with Crippen molar-refractivity contribution in [1.29, 1.82) is 0 Å². The number of nitrogens with zero attached hydrogens (tertiary/aromatic N) is 4. The van der Waals surface area contributed by atoms with Gasteiger partial charge in [0.05, 0.1) is 26.2 Å². The summed E-state index contributed by atoms with van der Waals surface area (Å²) in [6.45, 7) is 2.79. The zero-order chi connectivity index (χ0) is 46.1. The van der Waals surface area contributed by atoms with Crippen molar-refractivity contribution in [3.63, 3.8) is 0 Å². The summed E-state index contributed by atoms with van der Waals surface area (Å²) >= 11 is 0. The van der Waals surface area contributed by atoms with Crippen molar-refractivity contribution in [2.45, 2.75) is 116 Å². The van der Waals surface area contributed by atoms with Gasteiger partial charge >= 0.3 is 41.8 Å². The van der Waals surface area contributed by atoms with E-state index >= 15 is 0 Å². The normalized spacial score (nSPS) is 28.9. The molecule has 4 saturated carbocycles.